The molecule has 3 aliphatic carbocycles. The minimum absolute atomic E-state index is 0.164. The highest BCUT2D eigenvalue weighted by atomic mass is 16.7. The van der Waals surface area contributed by atoms with Crippen LogP contribution in [0.25, 0.3) is 0 Å². The number of Topliss-reactive ketones (excluding diaryl/α,β-unsaturated/α-hetero) is 1. The van der Waals surface area contributed by atoms with Crippen molar-refractivity contribution in [3.63, 3.8) is 0 Å². The van der Waals surface area contributed by atoms with Gasteiger partial charge >= 0.3 is 11.9 Å². The Bertz CT molecular complexity index is 693. The number of fused-ring (bicyclic) bond motifs is 3. The van der Waals surface area contributed by atoms with Gasteiger partial charge in [-0.2, -0.15) is 0 Å². The summed E-state index contributed by atoms with van der Waals surface area (Å²) in [5.41, 5.74) is 0.382. The van der Waals surface area contributed by atoms with Crippen LogP contribution >= 0.6 is 0 Å². The molecule has 0 aromatic heterocycles. The largest absolute Gasteiger partial charge is 0.469 e. The van der Waals surface area contributed by atoms with Crippen LogP contribution in [0.15, 0.2) is 11.6 Å². The van der Waals surface area contributed by atoms with Gasteiger partial charge in [0.05, 0.1) is 38.3 Å². The van der Waals surface area contributed by atoms with Crippen LogP contribution in [0.3, 0.4) is 0 Å². The van der Waals surface area contributed by atoms with Gasteiger partial charge in [0.15, 0.2) is 5.78 Å². The SMILES string of the molecule is COC(=O)C1=C[C@@H]2C(=O)C(OC)(OC)[C@H]1[C@H]1[C@@H]2[C@H]2O[C@H]1C[C@@H]2C(=O)OC. The molecule has 0 aromatic rings. The van der Waals surface area contributed by atoms with Crippen molar-refractivity contribution in [3.8, 4) is 0 Å². The summed E-state index contributed by atoms with van der Waals surface area (Å²) in [7, 11) is 5.45. The Balaban J connectivity index is 1.81. The van der Waals surface area contributed by atoms with Gasteiger partial charge in [0, 0.05) is 37.5 Å². The normalized spacial score (nSPS) is 41.6. The van der Waals surface area contributed by atoms with E-state index in [1.807, 2.05) is 0 Å². The van der Waals surface area contributed by atoms with E-state index >= 15 is 0 Å². The number of allylic oxidation sites excluding steroid dienone is 1. The smallest absolute Gasteiger partial charge is 0.333 e. The topological polar surface area (TPSA) is 97.4 Å². The number of ether oxygens (including phenoxy) is 5. The number of methoxy groups -OCH3 is 4. The zero-order valence-electron chi connectivity index (χ0n) is 15.1. The van der Waals surface area contributed by atoms with E-state index < -0.39 is 35.6 Å². The van der Waals surface area contributed by atoms with Crippen molar-refractivity contribution in [2.75, 3.05) is 28.4 Å². The lowest BCUT2D eigenvalue weighted by molar-refractivity contribution is -0.254. The summed E-state index contributed by atoms with van der Waals surface area (Å²) < 4.78 is 27.0. The second kappa shape index (κ2) is 5.87. The lowest BCUT2D eigenvalue weighted by atomic mass is 9.51. The summed E-state index contributed by atoms with van der Waals surface area (Å²) in [6.45, 7) is 0. The zero-order chi connectivity index (χ0) is 18.8. The molecular formula is C18H22O8. The molecule has 2 aliphatic heterocycles. The maximum Gasteiger partial charge on any atom is 0.333 e. The molecule has 142 valence electrons. The van der Waals surface area contributed by atoms with E-state index in [1.54, 1.807) is 6.08 Å². The minimum Gasteiger partial charge on any atom is -0.469 e. The van der Waals surface area contributed by atoms with Gasteiger partial charge in [-0.25, -0.2) is 4.79 Å². The van der Waals surface area contributed by atoms with Crippen molar-refractivity contribution < 1.29 is 38.1 Å². The van der Waals surface area contributed by atoms with Crippen molar-refractivity contribution in [2.24, 2.45) is 29.6 Å². The van der Waals surface area contributed by atoms with Gasteiger partial charge in [-0.3, -0.25) is 9.59 Å². The Morgan fingerprint density at radius 2 is 1.81 bits per heavy atom. The first kappa shape index (κ1) is 17.6. The van der Waals surface area contributed by atoms with Crippen LogP contribution in [0.4, 0.5) is 0 Å². The third kappa shape index (κ3) is 1.92. The average Bonchev–Trinajstić information content (AvgIpc) is 3.27. The molecule has 0 aromatic carbocycles. The lowest BCUT2D eigenvalue weighted by Crippen LogP contribution is -2.67. The summed E-state index contributed by atoms with van der Waals surface area (Å²) in [5.74, 6) is -4.66. The standard InChI is InChI=1S/C18H22O8/c1-22-16(20)8-5-7-11-12(13(8)18(24-3,25-4)15(7)19)10-6-9(14(11)26-10)17(21)23-2/h5,7,9-14H,6H2,1-4H3/t7-,9-,10-,11+,12+,13+,14-/m0/s1. The molecule has 8 nitrogen and oxygen atoms in total. The monoisotopic (exact) mass is 366 g/mol. The van der Waals surface area contributed by atoms with Gasteiger partial charge in [-0.05, 0) is 6.42 Å². The molecule has 2 saturated heterocycles. The Morgan fingerprint density at radius 3 is 2.38 bits per heavy atom. The molecule has 7 atom stereocenters. The first-order chi connectivity index (χ1) is 12.4. The number of rotatable bonds is 4. The van der Waals surface area contributed by atoms with E-state index in [4.69, 9.17) is 23.7 Å². The van der Waals surface area contributed by atoms with Crippen LogP contribution in [-0.2, 0) is 38.1 Å². The van der Waals surface area contributed by atoms with E-state index in [9.17, 15) is 14.4 Å². The van der Waals surface area contributed by atoms with E-state index in [2.05, 4.69) is 0 Å². The fourth-order valence-electron chi connectivity index (χ4n) is 5.63. The maximum atomic E-state index is 13.2. The predicted octanol–water partition coefficient (Wildman–Crippen LogP) is 0.0963. The van der Waals surface area contributed by atoms with E-state index in [0.29, 0.717) is 12.0 Å². The molecule has 0 radical (unpaired) electrons. The van der Waals surface area contributed by atoms with Gasteiger partial charge in [-0.1, -0.05) is 6.08 Å². The molecule has 3 fully saturated rings. The first-order valence-corrected chi connectivity index (χ1v) is 8.63. The lowest BCUT2D eigenvalue weighted by Gasteiger charge is -2.54. The summed E-state index contributed by atoms with van der Waals surface area (Å²) >= 11 is 0. The fourth-order valence-corrected chi connectivity index (χ4v) is 5.63. The van der Waals surface area contributed by atoms with Gasteiger partial charge in [0.2, 0.25) is 5.79 Å². The van der Waals surface area contributed by atoms with Crippen LogP contribution in [-0.4, -0.2) is 64.2 Å². The molecule has 2 heterocycles. The minimum atomic E-state index is -1.54. The van der Waals surface area contributed by atoms with Crippen molar-refractivity contribution in [3.05, 3.63) is 11.6 Å². The van der Waals surface area contributed by atoms with Crippen LogP contribution in [0.5, 0.6) is 0 Å². The molecule has 26 heavy (non-hydrogen) atoms. The quantitative estimate of drug-likeness (QED) is 0.510. The zero-order valence-corrected chi connectivity index (χ0v) is 15.1. The molecule has 5 rings (SSSR count). The second-order valence-corrected chi connectivity index (χ2v) is 7.22. The Morgan fingerprint density at radius 1 is 1.12 bits per heavy atom. The van der Waals surface area contributed by atoms with E-state index in [-0.39, 0.29) is 29.7 Å². The Kier molecular flexibility index (Phi) is 3.98. The van der Waals surface area contributed by atoms with Crippen molar-refractivity contribution >= 4 is 17.7 Å². The number of carbonyl (C=O) groups is 3. The van der Waals surface area contributed by atoms with Crippen LogP contribution < -0.4 is 0 Å². The number of carbonyl (C=O) groups excluding carboxylic acids is 3. The predicted molar refractivity (Wildman–Crippen MR) is 84.6 cm³/mol. The highest BCUT2D eigenvalue weighted by molar-refractivity contribution is 6.00. The van der Waals surface area contributed by atoms with Gasteiger partial charge in [-0.15, -0.1) is 0 Å². The summed E-state index contributed by atoms with van der Waals surface area (Å²) in [5, 5.41) is 0. The van der Waals surface area contributed by atoms with Crippen LogP contribution in [0, 0.1) is 29.6 Å². The molecule has 4 bridgehead atoms. The van der Waals surface area contributed by atoms with Gasteiger partial charge in [0.1, 0.15) is 0 Å². The highest BCUT2D eigenvalue weighted by Gasteiger charge is 2.73. The summed E-state index contributed by atoms with van der Waals surface area (Å²) in [6, 6.07) is 0. The summed E-state index contributed by atoms with van der Waals surface area (Å²) in [4.78, 5) is 37.6. The maximum absolute atomic E-state index is 13.2. The van der Waals surface area contributed by atoms with Crippen LogP contribution in [0.1, 0.15) is 6.42 Å². The van der Waals surface area contributed by atoms with Crippen molar-refractivity contribution in [1.29, 1.82) is 0 Å². The second-order valence-electron chi connectivity index (χ2n) is 7.22. The highest BCUT2D eigenvalue weighted by Crippen LogP contribution is 2.63. The van der Waals surface area contributed by atoms with Gasteiger partial charge < -0.3 is 23.7 Å². The molecule has 0 unspecified atom stereocenters. The number of hydrogen-bond donors (Lipinski definition) is 0. The molecular weight excluding hydrogens is 344 g/mol. The molecule has 5 aliphatic rings. The molecule has 0 spiro atoms. The van der Waals surface area contributed by atoms with Crippen molar-refractivity contribution in [1.82, 2.24) is 0 Å². The average molecular weight is 366 g/mol. The van der Waals surface area contributed by atoms with Gasteiger partial charge in [0.25, 0.3) is 0 Å². The summed E-state index contributed by atoms with van der Waals surface area (Å²) in [6.07, 6.45) is 1.46. The molecule has 0 amide bonds. The van der Waals surface area contributed by atoms with Crippen LogP contribution in [0.2, 0.25) is 0 Å². The fraction of sp³-hybridized carbons (Fsp3) is 0.722. The number of ketones is 1. The van der Waals surface area contributed by atoms with E-state index in [1.165, 1.54) is 28.4 Å². The Labute approximate surface area is 150 Å². The molecule has 8 heteroatoms. The van der Waals surface area contributed by atoms with Crippen molar-refractivity contribution in [2.45, 2.75) is 24.4 Å². The Hall–Kier alpha value is -1.77. The number of hydrogen-bond acceptors (Lipinski definition) is 8. The number of esters is 2. The molecule has 0 N–H and O–H groups in total. The first-order valence-electron chi connectivity index (χ1n) is 8.63. The molecule has 1 saturated carbocycles. The third-order valence-electron chi connectivity index (χ3n) is 6.55. The van der Waals surface area contributed by atoms with E-state index in [0.717, 1.165) is 0 Å². The third-order valence-corrected chi connectivity index (χ3v) is 6.55.